The lowest BCUT2D eigenvalue weighted by Gasteiger charge is -2.02. The van der Waals surface area contributed by atoms with Crippen molar-refractivity contribution in [2.24, 2.45) is 0 Å². The zero-order chi connectivity index (χ0) is 16.8. The van der Waals surface area contributed by atoms with Gasteiger partial charge in [0.2, 0.25) is 0 Å². The zero-order valence-electron chi connectivity index (χ0n) is 13.4. The van der Waals surface area contributed by atoms with Crippen molar-refractivity contribution in [2.75, 3.05) is 7.11 Å². The molecule has 0 radical (unpaired) electrons. The molecule has 0 aromatic heterocycles. The highest BCUT2D eigenvalue weighted by Crippen LogP contribution is 2.21. The molecular formula is C22H17NO. The molecule has 0 unspecified atom stereocenters. The summed E-state index contributed by atoms with van der Waals surface area (Å²) < 4.78 is 5.14. The third-order valence-electron chi connectivity index (χ3n) is 3.85. The number of benzene rings is 3. The van der Waals surface area contributed by atoms with Crippen LogP contribution >= 0.6 is 0 Å². The molecule has 3 rings (SSSR count). The molecule has 0 heterocycles. The number of nitriles is 1. The number of ether oxygens (including phenoxy) is 1. The Kier molecular flexibility index (Phi) is 4.74. The van der Waals surface area contributed by atoms with Crippen LogP contribution in [0.5, 0.6) is 5.75 Å². The van der Waals surface area contributed by atoms with E-state index in [1.54, 1.807) is 7.11 Å². The average molecular weight is 311 g/mol. The Bertz CT molecular complexity index is 944. The molecule has 0 saturated heterocycles. The van der Waals surface area contributed by atoms with E-state index in [4.69, 9.17) is 4.74 Å². The normalized spacial score (nSPS) is 11.6. The van der Waals surface area contributed by atoms with Crippen LogP contribution in [-0.4, -0.2) is 7.11 Å². The maximum absolute atomic E-state index is 9.45. The van der Waals surface area contributed by atoms with Gasteiger partial charge in [-0.05, 0) is 46.2 Å². The first-order chi connectivity index (χ1) is 11.8. The van der Waals surface area contributed by atoms with Crippen molar-refractivity contribution >= 4 is 22.4 Å². The number of hydrogen-bond donors (Lipinski definition) is 0. The van der Waals surface area contributed by atoms with Gasteiger partial charge in [0.15, 0.2) is 0 Å². The second-order valence-corrected chi connectivity index (χ2v) is 5.39. The van der Waals surface area contributed by atoms with Gasteiger partial charge in [-0.3, -0.25) is 0 Å². The fourth-order valence-corrected chi connectivity index (χ4v) is 2.53. The van der Waals surface area contributed by atoms with Crippen molar-refractivity contribution in [2.45, 2.75) is 0 Å². The van der Waals surface area contributed by atoms with Crippen LogP contribution < -0.4 is 4.74 Å². The van der Waals surface area contributed by atoms with Crippen molar-refractivity contribution in [1.29, 1.82) is 5.26 Å². The molecule has 0 aliphatic heterocycles. The number of nitrogens with zero attached hydrogens (tertiary/aromatic N) is 1. The summed E-state index contributed by atoms with van der Waals surface area (Å²) in [6.45, 7) is 0. The van der Waals surface area contributed by atoms with Gasteiger partial charge in [-0.1, -0.05) is 60.7 Å². The van der Waals surface area contributed by atoms with Crippen molar-refractivity contribution in [3.05, 3.63) is 90.0 Å². The first-order valence-corrected chi connectivity index (χ1v) is 7.72. The van der Waals surface area contributed by atoms with E-state index in [-0.39, 0.29) is 0 Å². The van der Waals surface area contributed by atoms with Crippen molar-refractivity contribution < 1.29 is 4.74 Å². The van der Waals surface area contributed by atoms with Crippen molar-refractivity contribution in [3.63, 3.8) is 0 Å². The topological polar surface area (TPSA) is 33.0 Å². The number of methoxy groups -OCH3 is 1. The summed E-state index contributed by atoms with van der Waals surface area (Å²) in [7, 11) is 1.65. The third kappa shape index (κ3) is 3.53. The Labute approximate surface area is 141 Å². The van der Waals surface area contributed by atoms with Crippen molar-refractivity contribution in [1.82, 2.24) is 0 Å². The maximum Gasteiger partial charge on any atom is 0.118 e. The molecule has 0 N–H and O–H groups in total. The van der Waals surface area contributed by atoms with Crippen LogP contribution in [0.15, 0.2) is 78.9 Å². The Balaban J connectivity index is 1.85. The molecule has 3 aromatic rings. The monoisotopic (exact) mass is 311 g/mol. The Morgan fingerprint density at radius 3 is 2.42 bits per heavy atom. The highest BCUT2D eigenvalue weighted by Gasteiger charge is 2.01. The Hall–Kier alpha value is -3.31. The number of fused-ring (bicyclic) bond motifs is 1. The largest absolute Gasteiger partial charge is 0.497 e. The fraction of sp³-hybridized carbons (Fsp3) is 0.0455. The van der Waals surface area contributed by atoms with Gasteiger partial charge in [0.05, 0.1) is 18.8 Å². The van der Waals surface area contributed by atoms with Gasteiger partial charge in [0, 0.05) is 0 Å². The van der Waals surface area contributed by atoms with Crippen molar-refractivity contribution in [3.8, 4) is 11.8 Å². The highest BCUT2D eigenvalue weighted by atomic mass is 16.5. The van der Waals surface area contributed by atoms with E-state index in [2.05, 4.69) is 18.2 Å². The summed E-state index contributed by atoms with van der Waals surface area (Å²) in [6.07, 6.45) is 5.71. The molecule has 0 amide bonds. The van der Waals surface area contributed by atoms with Gasteiger partial charge >= 0.3 is 0 Å². The molecule has 2 nitrogen and oxygen atoms in total. The SMILES string of the molecule is COc1ccc(/C=C/C=C(\C#N)c2ccc3ccccc3c2)cc1. The highest BCUT2D eigenvalue weighted by molar-refractivity contribution is 5.89. The molecule has 24 heavy (non-hydrogen) atoms. The molecule has 0 aliphatic rings. The number of allylic oxidation sites excluding steroid dienone is 3. The summed E-state index contributed by atoms with van der Waals surface area (Å²) in [5.41, 5.74) is 2.63. The van der Waals surface area contributed by atoms with Gasteiger partial charge in [-0.2, -0.15) is 5.26 Å². The van der Waals surface area contributed by atoms with E-state index in [0.717, 1.165) is 22.3 Å². The first kappa shape index (κ1) is 15.6. The molecule has 0 fully saturated rings. The quantitative estimate of drug-likeness (QED) is 0.473. The summed E-state index contributed by atoms with van der Waals surface area (Å²) in [5, 5.41) is 11.8. The number of hydrogen-bond acceptors (Lipinski definition) is 2. The minimum Gasteiger partial charge on any atom is -0.497 e. The molecular weight excluding hydrogens is 294 g/mol. The molecule has 3 aromatic carbocycles. The minimum absolute atomic E-state index is 0.644. The van der Waals surface area contributed by atoms with Gasteiger partial charge in [0.25, 0.3) is 0 Å². The van der Waals surface area contributed by atoms with Gasteiger partial charge in [-0.25, -0.2) is 0 Å². The standard InChI is InChI=1S/C22H17NO/c1-24-22-13-9-17(10-14-22)5-4-8-21(16-23)20-12-11-18-6-2-3-7-19(18)15-20/h2-15H,1H3/b5-4+,21-8+. The second kappa shape index (κ2) is 7.30. The minimum atomic E-state index is 0.644. The maximum atomic E-state index is 9.45. The first-order valence-electron chi connectivity index (χ1n) is 7.72. The van der Waals surface area contributed by atoms with E-state index < -0.39 is 0 Å². The van der Waals surface area contributed by atoms with E-state index in [0.29, 0.717) is 5.57 Å². The summed E-state index contributed by atoms with van der Waals surface area (Å²) in [5.74, 6) is 0.830. The number of rotatable bonds is 4. The predicted octanol–water partition coefficient (Wildman–Crippen LogP) is 5.47. The van der Waals surface area contributed by atoms with Gasteiger partial charge in [-0.15, -0.1) is 0 Å². The van der Waals surface area contributed by atoms with Crippen LogP contribution in [0.25, 0.3) is 22.4 Å². The fourth-order valence-electron chi connectivity index (χ4n) is 2.53. The molecule has 0 atom stereocenters. The van der Waals surface area contributed by atoms with E-state index >= 15 is 0 Å². The molecule has 0 bridgehead atoms. The second-order valence-electron chi connectivity index (χ2n) is 5.39. The zero-order valence-corrected chi connectivity index (χ0v) is 13.4. The van der Waals surface area contributed by atoms with Crippen LogP contribution in [-0.2, 0) is 0 Å². The third-order valence-corrected chi connectivity index (χ3v) is 3.85. The molecule has 116 valence electrons. The summed E-state index contributed by atoms with van der Waals surface area (Å²) in [4.78, 5) is 0. The van der Waals surface area contributed by atoms with Gasteiger partial charge in [0.1, 0.15) is 5.75 Å². The lowest BCUT2D eigenvalue weighted by Crippen LogP contribution is -1.82. The van der Waals surface area contributed by atoms with Crippen LogP contribution in [0.3, 0.4) is 0 Å². The van der Waals surface area contributed by atoms with Crippen LogP contribution in [0.4, 0.5) is 0 Å². The Morgan fingerprint density at radius 1 is 0.958 bits per heavy atom. The van der Waals surface area contributed by atoms with E-state index in [1.807, 2.05) is 72.8 Å². The van der Waals surface area contributed by atoms with Crippen LogP contribution in [0.2, 0.25) is 0 Å². The Morgan fingerprint density at radius 2 is 1.71 bits per heavy atom. The van der Waals surface area contributed by atoms with Crippen LogP contribution in [0, 0.1) is 11.3 Å². The average Bonchev–Trinajstić information content (AvgIpc) is 2.65. The smallest absolute Gasteiger partial charge is 0.118 e. The van der Waals surface area contributed by atoms with E-state index in [1.165, 1.54) is 5.39 Å². The van der Waals surface area contributed by atoms with E-state index in [9.17, 15) is 5.26 Å². The summed E-state index contributed by atoms with van der Waals surface area (Å²) >= 11 is 0. The predicted molar refractivity (Wildman–Crippen MR) is 99.6 cm³/mol. The molecule has 2 heteroatoms. The van der Waals surface area contributed by atoms with Crippen LogP contribution in [0.1, 0.15) is 11.1 Å². The molecule has 0 saturated carbocycles. The molecule has 0 aliphatic carbocycles. The summed E-state index contributed by atoms with van der Waals surface area (Å²) in [6, 6.07) is 24.3. The molecule has 0 spiro atoms. The lowest BCUT2D eigenvalue weighted by molar-refractivity contribution is 0.415. The van der Waals surface area contributed by atoms with Gasteiger partial charge < -0.3 is 4.74 Å². The lowest BCUT2D eigenvalue weighted by atomic mass is 10.0.